The third-order valence-electron chi connectivity index (χ3n) is 0.888. The second kappa shape index (κ2) is 2.85. The van der Waals surface area contributed by atoms with E-state index < -0.39 is 0 Å². The monoisotopic (exact) mass is 130 g/mol. The van der Waals surface area contributed by atoms with Gasteiger partial charge in [-0.2, -0.15) is 0 Å². The van der Waals surface area contributed by atoms with Crippen molar-refractivity contribution in [2.24, 2.45) is 5.41 Å². The van der Waals surface area contributed by atoms with Gasteiger partial charge in [0.15, 0.2) is 0 Å². The fraction of sp³-hybridized carbons (Fsp3) is 0.857. The lowest BCUT2D eigenvalue weighted by Crippen LogP contribution is -2.22. The summed E-state index contributed by atoms with van der Waals surface area (Å²) in [5.41, 5.74) is -0.351. The molecule has 0 aromatic rings. The molecule has 0 aromatic heterocycles. The first-order chi connectivity index (χ1) is 3.98. The van der Waals surface area contributed by atoms with Gasteiger partial charge in [0.1, 0.15) is 0 Å². The summed E-state index contributed by atoms with van der Waals surface area (Å²) in [5.74, 6) is -0.134. The van der Waals surface area contributed by atoms with Gasteiger partial charge >= 0.3 is 5.97 Å². The van der Waals surface area contributed by atoms with E-state index in [4.69, 9.17) is 4.74 Å². The SMILES string of the molecule is CCOC(=O)C(C)(C)C. The Labute approximate surface area is 56.2 Å². The Morgan fingerprint density at radius 1 is 1.44 bits per heavy atom. The molecule has 0 aliphatic rings. The first kappa shape index (κ1) is 8.47. The molecular weight excluding hydrogens is 116 g/mol. The fourth-order valence-corrected chi connectivity index (χ4v) is 0.348. The Hall–Kier alpha value is -0.530. The first-order valence-electron chi connectivity index (χ1n) is 3.15. The standard InChI is InChI=1S/C7H14O2/c1-5-9-6(8)7(2,3)4/h5H2,1-4H3. The van der Waals surface area contributed by atoms with E-state index in [1.54, 1.807) is 0 Å². The van der Waals surface area contributed by atoms with Gasteiger partial charge in [-0.15, -0.1) is 0 Å². The molecule has 0 unspecified atom stereocenters. The smallest absolute Gasteiger partial charge is 0.311 e. The highest BCUT2D eigenvalue weighted by molar-refractivity contribution is 5.75. The van der Waals surface area contributed by atoms with Crippen LogP contribution in [0.25, 0.3) is 0 Å². The minimum Gasteiger partial charge on any atom is -0.466 e. The van der Waals surface area contributed by atoms with Crippen molar-refractivity contribution >= 4 is 5.97 Å². The van der Waals surface area contributed by atoms with Crippen LogP contribution in [-0.2, 0) is 9.53 Å². The van der Waals surface area contributed by atoms with Crippen LogP contribution in [0.5, 0.6) is 0 Å². The van der Waals surface area contributed by atoms with Crippen LogP contribution in [-0.4, -0.2) is 12.6 Å². The molecule has 0 amide bonds. The van der Waals surface area contributed by atoms with Crippen molar-refractivity contribution in [2.45, 2.75) is 27.7 Å². The Balaban J connectivity index is 3.74. The van der Waals surface area contributed by atoms with E-state index in [1.807, 2.05) is 27.7 Å². The number of rotatable bonds is 1. The van der Waals surface area contributed by atoms with Crippen molar-refractivity contribution in [3.63, 3.8) is 0 Å². The van der Waals surface area contributed by atoms with E-state index in [2.05, 4.69) is 0 Å². The molecule has 54 valence electrons. The van der Waals surface area contributed by atoms with E-state index in [1.165, 1.54) is 0 Å². The maximum atomic E-state index is 10.8. The van der Waals surface area contributed by atoms with Crippen molar-refractivity contribution in [1.29, 1.82) is 0 Å². The van der Waals surface area contributed by atoms with E-state index >= 15 is 0 Å². The van der Waals surface area contributed by atoms with Gasteiger partial charge < -0.3 is 4.74 Å². The number of hydrogen-bond acceptors (Lipinski definition) is 2. The summed E-state index contributed by atoms with van der Waals surface area (Å²) in [7, 11) is 0. The Morgan fingerprint density at radius 2 is 1.89 bits per heavy atom. The number of esters is 1. The molecule has 0 rings (SSSR count). The molecule has 0 heterocycles. The molecule has 0 radical (unpaired) electrons. The Morgan fingerprint density at radius 3 is 2.00 bits per heavy atom. The molecular formula is C7H14O2. The lowest BCUT2D eigenvalue weighted by Gasteiger charge is -2.14. The van der Waals surface area contributed by atoms with Crippen LogP contribution < -0.4 is 0 Å². The van der Waals surface area contributed by atoms with Crippen molar-refractivity contribution in [1.82, 2.24) is 0 Å². The quantitative estimate of drug-likeness (QED) is 0.504. The molecule has 0 aliphatic carbocycles. The van der Waals surface area contributed by atoms with Crippen LogP contribution >= 0.6 is 0 Å². The molecule has 0 atom stereocenters. The molecule has 9 heavy (non-hydrogen) atoms. The Bertz CT molecular complexity index is 100.0. The van der Waals surface area contributed by atoms with E-state index in [0.717, 1.165) is 0 Å². The highest BCUT2D eigenvalue weighted by Crippen LogP contribution is 2.14. The second-order valence-electron chi connectivity index (χ2n) is 2.97. The number of carbonyl (C=O) groups excluding carboxylic acids is 1. The largest absolute Gasteiger partial charge is 0.466 e. The highest BCUT2D eigenvalue weighted by atomic mass is 16.5. The van der Waals surface area contributed by atoms with Gasteiger partial charge in [0, 0.05) is 0 Å². The van der Waals surface area contributed by atoms with Gasteiger partial charge in [0.05, 0.1) is 12.0 Å². The van der Waals surface area contributed by atoms with Crippen molar-refractivity contribution in [3.8, 4) is 0 Å². The van der Waals surface area contributed by atoms with Crippen LogP contribution in [0.3, 0.4) is 0 Å². The fourth-order valence-electron chi connectivity index (χ4n) is 0.348. The molecule has 0 fully saturated rings. The zero-order valence-corrected chi connectivity index (χ0v) is 6.52. The summed E-state index contributed by atoms with van der Waals surface area (Å²) in [4.78, 5) is 10.8. The minimum atomic E-state index is -0.351. The summed E-state index contributed by atoms with van der Waals surface area (Å²) < 4.78 is 4.77. The zero-order valence-electron chi connectivity index (χ0n) is 6.52. The van der Waals surface area contributed by atoms with Crippen molar-refractivity contribution < 1.29 is 9.53 Å². The average molecular weight is 130 g/mol. The summed E-state index contributed by atoms with van der Waals surface area (Å²) in [6.45, 7) is 7.79. The first-order valence-corrected chi connectivity index (χ1v) is 3.15. The van der Waals surface area contributed by atoms with Crippen molar-refractivity contribution in [3.05, 3.63) is 0 Å². The number of carbonyl (C=O) groups is 1. The van der Waals surface area contributed by atoms with Crippen LogP contribution in [0.1, 0.15) is 27.7 Å². The van der Waals surface area contributed by atoms with Gasteiger partial charge in [0.25, 0.3) is 0 Å². The lowest BCUT2D eigenvalue weighted by atomic mass is 9.97. The topological polar surface area (TPSA) is 26.3 Å². The van der Waals surface area contributed by atoms with Gasteiger partial charge in [-0.1, -0.05) is 0 Å². The molecule has 0 aromatic carbocycles. The van der Waals surface area contributed by atoms with Gasteiger partial charge in [0.2, 0.25) is 0 Å². The van der Waals surface area contributed by atoms with Crippen LogP contribution in [0, 0.1) is 5.41 Å². The predicted octanol–water partition coefficient (Wildman–Crippen LogP) is 1.60. The molecule has 0 spiro atoms. The van der Waals surface area contributed by atoms with Gasteiger partial charge in [-0.05, 0) is 27.7 Å². The molecule has 0 aliphatic heterocycles. The minimum absolute atomic E-state index is 0.134. The van der Waals surface area contributed by atoms with Crippen LogP contribution in [0.15, 0.2) is 0 Å². The van der Waals surface area contributed by atoms with Crippen LogP contribution in [0.4, 0.5) is 0 Å². The summed E-state index contributed by atoms with van der Waals surface area (Å²) in [6.07, 6.45) is 0. The molecule has 0 saturated carbocycles. The third-order valence-corrected chi connectivity index (χ3v) is 0.888. The normalized spacial score (nSPS) is 11.1. The van der Waals surface area contributed by atoms with E-state index in [-0.39, 0.29) is 11.4 Å². The van der Waals surface area contributed by atoms with Crippen molar-refractivity contribution in [2.75, 3.05) is 6.61 Å². The van der Waals surface area contributed by atoms with Crippen LogP contribution in [0.2, 0.25) is 0 Å². The third kappa shape index (κ3) is 3.12. The summed E-state index contributed by atoms with van der Waals surface area (Å²) in [6, 6.07) is 0. The predicted molar refractivity (Wildman–Crippen MR) is 36.1 cm³/mol. The van der Waals surface area contributed by atoms with Gasteiger partial charge in [-0.3, -0.25) is 4.79 Å². The molecule has 0 saturated heterocycles. The maximum Gasteiger partial charge on any atom is 0.311 e. The van der Waals surface area contributed by atoms with E-state index in [9.17, 15) is 4.79 Å². The highest BCUT2D eigenvalue weighted by Gasteiger charge is 2.21. The molecule has 0 bridgehead atoms. The average Bonchev–Trinajstić information content (AvgIpc) is 1.64. The van der Waals surface area contributed by atoms with E-state index in [0.29, 0.717) is 6.61 Å². The Kier molecular flexibility index (Phi) is 2.68. The molecule has 2 heteroatoms. The molecule has 0 N–H and O–H groups in total. The zero-order chi connectivity index (χ0) is 7.49. The molecule has 2 nitrogen and oxygen atoms in total. The maximum absolute atomic E-state index is 10.8. The summed E-state index contributed by atoms with van der Waals surface area (Å²) >= 11 is 0. The van der Waals surface area contributed by atoms with Gasteiger partial charge in [-0.25, -0.2) is 0 Å². The lowest BCUT2D eigenvalue weighted by molar-refractivity contribution is -0.152. The summed E-state index contributed by atoms with van der Waals surface area (Å²) in [5, 5.41) is 0. The number of ether oxygens (including phenoxy) is 1. The second-order valence-corrected chi connectivity index (χ2v) is 2.97. The number of hydrogen-bond donors (Lipinski definition) is 0.